The van der Waals surface area contributed by atoms with Gasteiger partial charge in [-0.2, -0.15) is 22.7 Å². The number of fused-ring (bicyclic) bond motifs is 2. The van der Waals surface area contributed by atoms with Crippen molar-refractivity contribution in [1.82, 2.24) is 38.2 Å². The van der Waals surface area contributed by atoms with Crippen LogP contribution >= 0.6 is 0 Å². The molecule has 0 aliphatic carbocycles. The van der Waals surface area contributed by atoms with Gasteiger partial charge in [-0.25, -0.2) is 4.98 Å². The number of aromatic nitrogens is 7. The van der Waals surface area contributed by atoms with Crippen molar-refractivity contribution in [3.63, 3.8) is 0 Å². The molecule has 12 nitrogen and oxygen atoms in total. The maximum atomic E-state index is 13.9. The lowest BCUT2D eigenvalue weighted by atomic mass is 10.0. The van der Waals surface area contributed by atoms with Gasteiger partial charge in [0.2, 0.25) is 0 Å². The number of nitrogens with zero attached hydrogens (tertiary/aromatic N) is 8. The molecule has 1 aromatic carbocycles. The van der Waals surface area contributed by atoms with Gasteiger partial charge < -0.3 is 9.64 Å². The van der Waals surface area contributed by atoms with E-state index in [9.17, 15) is 13.2 Å². The topological polar surface area (TPSA) is 130 Å². The number of carbonyl (C=O) groups excluding carboxylic acids is 1. The second-order valence-corrected chi connectivity index (χ2v) is 11.5. The van der Waals surface area contributed by atoms with Gasteiger partial charge >= 0.3 is 10.0 Å². The van der Waals surface area contributed by atoms with Crippen LogP contribution in [0, 0.1) is 0 Å². The molecule has 0 radical (unpaired) electrons. The molecule has 1 saturated heterocycles. The molecule has 6 heterocycles. The van der Waals surface area contributed by atoms with Crippen molar-refractivity contribution in [2.45, 2.75) is 5.03 Å². The Morgan fingerprint density at radius 1 is 0.829 bits per heavy atom. The van der Waals surface area contributed by atoms with E-state index in [4.69, 9.17) is 4.74 Å². The normalized spacial score (nSPS) is 14.2. The van der Waals surface area contributed by atoms with E-state index in [0.29, 0.717) is 54.1 Å². The smallest absolute Gasteiger partial charge is 0.301 e. The lowest BCUT2D eigenvalue weighted by molar-refractivity contribution is 0.0303. The third kappa shape index (κ3) is 4.35. The van der Waals surface area contributed by atoms with Gasteiger partial charge in [0.1, 0.15) is 16.7 Å². The molecule has 7 rings (SSSR count). The van der Waals surface area contributed by atoms with E-state index in [1.54, 1.807) is 52.4 Å². The van der Waals surface area contributed by atoms with Crippen molar-refractivity contribution in [3.05, 3.63) is 85.2 Å². The van der Waals surface area contributed by atoms with Crippen molar-refractivity contribution in [3.8, 4) is 22.3 Å². The first-order valence-electron chi connectivity index (χ1n) is 12.9. The minimum Gasteiger partial charge on any atom is -0.378 e. The van der Waals surface area contributed by atoms with E-state index in [1.165, 1.54) is 16.8 Å². The van der Waals surface area contributed by atoms with Crippen LogP contribution in [0.25, 0.3) is 38.9 Å². The molecule has 0 spiro atoms. The molecule has 0 atom stereocenters. The SMILES string of the molecule is Cn1cc(-c2ccc3ncc(S(=O)(=O)n4ncc5ncc(-c6ccc(C(=O)N7CCOCC7)cc6)cc54)n3c2)cn1. The summed E-state index contributed by atoms with van der Waals surface area (Å²) in [5.74, 6) is -0.0442. The van der Waals surface area contributed by atoms with Gasteiger partial charge in [-0.15, -0.1) is 0 Å². The Morgan fingerprint density at radius 2 is 1.61 bits per heavy atom. The molecule has 1 aliphatic rings. The van der Waals surface area contributed by atoms with Crippen molar-refractivity contribution in [2.75, 3.05) is 26.3 Å². The summed E-state index contributed by atoms with van der Waals surface area (Å²) in [6.07, 6.45) is 9.70. The molecule has 13 heteroatoms. The molecule has 0 N–H and O–H groups in total. The summed E-state index contributed by atoms with van der Waals surface area (Å²) in [6.45, 7) is 2.20. The van der Waals surface area contributed by atoms with Gasteiger partial charge in [-0.1, -0.05) is 12.1 Å². The Labute approximate surface area is 234 Å². The van der Waals surface area contributed by atoms with Gasteiger partial charge in [0, 0.05) is 61.0 Å². The summed E-state index contributed by atoms with van der Waals surface area (Å²) in [5, 5.41) is 8.36. The van der Waals surface area contributed by atoms with Crippen LogP contribution in [0.2, 0.25) is 0 Å². The van der Waals surface area contributed by atoms with Crippen molar-refractivity contribution in [2.24, 2.45) is 7.05 Å². The fraction of sp³-hybridized carbons (Fsp3) is 0.179. The molecular formula is C28H24N8O4S. The highest BCUT2D eigenvalue weighted by Gasteiger charge is 2.26. The Balaban J connectivity index is 1.24. The van der Waals surface area contributed by atoms with Crippen LogP contribution in [0.15, 0.2) is 84.7 Å². The van der Waals surface area contributed by atoms with E-state index in [0.717, 1.165) is 20.8 Å². The molecule has 0 unspecified atom stereocenters. The summed E-state index contributed by atoms with van der Waals surface area (Å²) in [6, 6.07) is 12.6. The number of imidazole rings is 1. The molecule has 41 heavy (non-hydrogen) atoms. The van der Waals surface area contributed by atoms with Gasteiger partial charge in [-0.05, 0) is 35.9 Å². The summed E-state index contributed by atoms with van der Waals surface area (Å²) in [7, 11) is -2.32. The fourth-order valence-electron chi connectivity index (χ4n) is 4.97. The monoisotopic (exact) mass is 568 g/mol. The second-order valence-electron chi connectivity index (χ2n) is 9.75. The first kappa shape index (κ1) is 25.1. The number of rotatable bonds is 5. The standard InChI is InChI=1S/C28H24N8O4S/c1-33-17-23(14-31-33)21-6-7-26-30-16-27(35(26)18-21)41(38,39)36-25-12-22(13-29-24(25)15-32-36)19-2-4-20(5-3-19)28(37)34-8-10-40-11-9-34/h2-7,12-18H,8-11H2,1H3. The number of amides is 1. The Bertz CT molecular complexity index is 2040. The quantitative estimate of drug-likeness (QED) is 0.311. The van der Waals surface area contributed by atoms with E-state index in [-0.39, 0.29) is 10.9 Å². The first-order valence-corrected chi connectivity index (χ1v) is 14.4. The zero-order valence-corrected chi connectivity index (χ0v) is 22.8. The van der Waals surface area contributed by atoms with Gasteiger partial charge in [-0.3, -0.25) is 18.9 Å². The van der Waals surface area contributed by atoms with Crippen LogP contribution in [0.5, 0.6) is 0 Å². The van der Waals surface area contributed by atoms with Crippen LogP contribution in [-0.2, 0) is 21.8 Å². The summed E-state index contributed by atoms with van der Waals surface area (Å²) in [5.41, 5.74) is 4.95. The van der Waals surface area contributed by atoms with E-state index >= 15 is 0 Å². The molecule has 0 bridgehead atoms. The van der Waals surface area contributed by atoms with Gasteiger partial charge in [0.05, 0.1) is 31.8 Å². The lowest BCUT2D eigenvalue weighted by Gasteiger charge is -2.26. The number of aryl methyl sites for hydroxylation is 1. The molecule has 206 valence electrons. The number of benzene rings is 1. The van der Waals surface area contributed by atoms with Crippen LogP contribution in [-0.4, -0.2) is 78.9 Å². The third-order valence-corrected chi connectivity index (χ3v) is 8.73. The van der Waals surface area contributed by atoms with Crippen molar-refractivity contribution in [1.29, 1.82) is 0 Å². The molecule has 1 fully saturated rings. The van der Waals surface area contributed by atoms with Gasteiger partial charge in [0.25, 0.3) is 5.91 Å². The minimum absolute atomic E-state index is 0.0281. The highest BCUT2D eigenvalue weighted by molar-refractivity contribution is 7.90. The summed E-state index contributed by atoms with van der Waals surface area (Å²) >= 11 is 0. The molecule has 6 aromatic rings. The summed E-state index contributed by atoms with van der Waals surface area (Å²) < 4.78 is 37.3. The van der Waals surface area contributed by atoms with E-state index in [1.807, 2.05) is 31.4 Å². The Hall–Kier alpha value is -4.88. The maximum absolute atomic E-state index is 13.9. The van der Waals surface area contributed by atoms with Gasteiger partial charge in [0.15, 0.2) is 5.03 Å². The highest BCUT2D eigenvalue weighted by Crippen LogP contribution is 2.27. The number of carbonyl (C=O) groups is 1. The predicted molar refractivity (Wildman–Crippen MR) is 150 cm³/mol. The fourth-order valence-corrected chi connectivity index (χ4v) is 6.30. The average molecular weight is 569 g/mol. The average Bonchev–Trinajstić information content (AvgIpc) is 3.75. The van der Waals surface area contributed by atoms with Crippen LogP contribution in [0.4, 0.5) is 0 Å². The summed E-state index contributed by atoms with van der Waals surface area (Å²) in [4.78, 5) is 23.4. The Morgan fingerprint density at radius 3 is 2.37 bits per heavy atom. The van der Waals surface area contributed by atoms with Crippen molar-refractivity contribution < 1.29 is 17.9 Å². The minimum atomic E-state index is -4.14. The number of hydrogen-bond acceptors (Lipinski definition) is 8. The molecular weight excluding hydrogens is 544 g/mol. The first-order chi connectivity index (χ1) is 19.9. The lowest BCUT2D eigenvalue weighted by Crippen LogP contribution is -2.40. The van der Waals surface area contributed by atoms with E-state index in [2.05, 4.69) is 20.2 Å². The number of pyridine rings is 2. The highest BCUT2D eigenvalue weighted by atomic mass is 32.2. The zero-order valence-electron chi connectivity index (χ0n) is 22.0. The Kier molecular flexibility index (Phi) is 5.91. The number of hydrogen-bond donors (Lipinski definition) is 0. The maximum Gasteiger partial charge on any atom is 0.301 e. The van der Waals surface area contributed by atoms with E-state index < -0.39 is 10.0 Å². The number of ether oxygens (including phenoxy) is 1. The molecule has 5 aromatic heterocycles. The largest absolute Gasteiger partial charge is 0.378 e. The zero-order chi connectivity index (χ0) is 28.1. The number of morpholine rings is 1. The molecule has 1 amide bonds. The molecule has 0 saturated carbocycles. The third-order valence-electron chi connectivity index (χ3n) is 7.15. The van der Waals surface area contributed by atoms with Crippen LogP contribution in [0.3, 0.4) is 0 Å². The van der Waals surface area contributed by atoms with Crippen molar-refractivity contribution >= 4 is 32.6 Å². The predicted octanol–water partition coefficient (Wildman–Crippen LogP) is 2.86. The van der Waals surface area contributed by atoms with Crippen LogP contribution < -0.4 is 0 Å². The van der Waals surface area contributed by atoms with Crippen LogP contribution in [0.1, 0.15) is 10.4 Å². The molecule has 1 aliphatic heterocycles. The second kappa shape index (κ2) is 9.64.